The first-order valence-electron chi connectivity index (χ1n) is 5.57. The summed E-state index contributed by atoms with van der Waals surface area (Å²) in [5.41, 5.74) is 0. The summed E-state index contributed by atoms with van der Waals surface area (Å²) >= 11 is 2.71. The molecule has 1 nitrogen and oxygen atoms in total. The molecule has 0 saturated carbocycles. The van der Waals surface area contributed by atoms with E-state index >= 15 is 0 Å². The predicted octanol–water partition coefficient (Wildman–Crippen LogP) is 4.27. The smallest absolute Gasteiger partial charge is 0.492 e. The van der Waals surface area contributed by atoms with Crippen LogP contribution < -0.4 is 0 Å². The zero-order valence-electron chi connectivity index (χ0n) is 9.02. The SMILES string of the molecule is CCCCC[CH2][Al]([Br])[O]CCCC. The lowest BCUT2D eigenvalue weighted by atomic mass is 10.2. The van der Waals surface area contributed by atoms with Crippen LogP contribution in [0.15, 0.2) is 0 Å². The van der Waals surface area contributed by atoms with E-state index in [1.165, 1.54) is 43.8 Å². The molecule has 0 saturated heterocycles. The van der Waals surface area contributed by atoms with Crippen LogP contribution in [-0.4, -0.2) is 19.3 Å². The summed E-state index contributed by atoms with van der Waals surface area (Å²) in [5, 5.41) is 1.30. The van der Waals surface area contributed by atoms with Gasteiger partial charge in [-0.25, -0.2) is 0 Å². The van der Waals surface area contributed by atoms with E-state index in [1.807, 2.05) is 0 Å². The molecule has 0 amide bonds. The lowest BCUT2D eigenvalue weighted by Crippen LogP contribution is -2.10. The van der Waals surface area contributed by atoms with Crippen molar-refractivity contribution in [2.45, 2.75) is 57.7 Å². The molecule has 0 spiro atoms. The first-order valence-corrected chi connectivity index (χ1v) is 10.0. The summed E-state index contributed by atoms with van der Waals surface area (Å²) in [5.74, 6) is 0. The van der Waals surface area contributed by atoms with Gasteiger partial charge in [-0.05, 0) is 6.42 Å². The van der Waals surface area contributed by atoms with Gasteiger partial charge in [0.2, 0.25) is 0 Å². The third kappa shape index (κ3) is 10.9. The van der Waals surface area contributed by atoms with E-state index in [-0.39, 0.29) is 0 Å². The Bertz CT molecular complexity index is 101. The average molecular weight is 265 g/mol. The minimum absolute atomic E-state index is 0.964. The molecule has 0 heterocycles. The topological polar surface area (TPSA) is 9.23 Å². The summed E-state index contributed by atoms with van der Waals surface area (Å²) < 4.78 is 5.72. The highest BCUT2D eigenvalue weighted by molar-refractivity contribution is 9.24. The molecule has 0 rings (SSSR count). The molecule has 0 aromatic rings. The lowest BCUT2D eigenvalue weighted by molar-refractivity contribution is 0.321. The first kappa shape index (κ1) is 14.0. The van der Waals surface area contributed by atoms with Crippen molar-refractivity contribution < 1.29 is 3.79 Å². The molecule has 0 atom stereocenters. The van der Waals surface area contributed by atoms with Gasteiger partial charge in [0, 0.05) is 6.61 Å². The molecule has 0 N–H and O–H groups in total. The summed E-state index contributed by atoms with van der Waals surface area (Å²) in [4.78, 5) is 0. The minimum atomic E-state index is -0.964. The Morgan fingerprint density at radius 1 is 1.00 bits per heavy atom. The molecule has 0 radical (unpaired) electrons. The fourth-order valence-corrected chi connectivity index (χ4v) is 3.90. The molecule has 0 aromatic carbocycles. The van der Waals surface area contributed by atoms with Crippen molar-refractivity contribution in [3.8, 4) is 0 Å². The molecule has 0 aliphatic rings. The number of unbranched alkanes of at least 4 members (excludes halogenated alkanes) is 4. The molecule has 0 aromatic heterocycles. The van der Waals surface area contributed by atoms with Gasteiger partial charge in [0.25, 0.3) is 0 Å². The zero-order chi connectivity index (χ0) is 9.94. The highest BCUT2D eigenvalue weighted by atomic mass is 79.9. The third-order valence-electron chi connectivity index (χ3n) is 2.08. The Kier molecular flexibility index (Phi) is 11.9. The highest BCUT2D eigenvalue weighted by Gasteiger charge is 2.14. The zero-order valence-corrected chi connectivity index (χ0v) is 11.8. The highest BCUT2D eigenvalue weighted by Crippen LogP contribution is 2.11. The second kappa shape index (κ2) is 11.0. The van der Waals surface area contributed by atoms with E-state index in [0.717, 1.165) is 6.61 Å². The van der Waals surface area contributed by atoms with Gasteiger partial charge in [-0.15, -0.1) is 0 Å². The maximum Gasteiger partial charge on any atom is 0.557 e. The number of rotatable bonds is 9. The standard InChI is InChI=1S/C6H13.C4H9O.Al.BrH/c1-3-5-6-4-2;1-2-3-4-5;;/h1,3-6H2,2H3;2-4H2,1H3;;1H/q;-1;+2;/p-1. The van der Waals surface area contributed by atoms with E-state index in [0.29, 0.717) is 0 Å². The van der Waals surface area contributed by atoms with Gasteiger partial charge in [-0.1, -0.05) is 51.2 Å². The van der Waals surface area contributed by atoms with Crippen molar-refractivity contribution in [3.05, 3.63) is 0 Å². The van der Waals surface area contributed by atoms with Gasteiger partial charge in [0.1, 0.15) is 0 Å². The quantitative estimate of drug-likeness (QED) is 0.447. The molecule has 0 unspecified atom stereocenters. The molecule has 0 aliphatic heterocycles. The Balaban J connectivity index is 3.05. The van der Waals surface area contributed by atoms with E-state index in [2.05, 4.69) is 27.9 Å². The molecule has 78 valence electrons. The predicted molar refractivity (Wildman–Crippen MR) is 64.5 cm³/mol. The van der Waals surface area contributed by atoms with Crippen molar-refractivity contribution in [2.75, 3.05) is 6.61 Å². The fourth-order valence-electron chi connectivity index (χ4n) is 1.17. The second-order valence-corrected chi connectivity index (χ2v) is 8.28. The van der Waals surface area contributed by atoms with Gasteiger partial charge in [-0.3, -0.25) is 0 Å². The van der Waals surface area contributed by atoms with Gasteiger partial charge in [0.05, 0.1) is 0 Å². The van der Waals surface area contributed by atoms with Gasteiger partial charge in [-0.2, -0.15) is 14.1 Å². The molecule has 0 fully saturated rings. The molecule has 0 bridgehead atoms. The van der Waals surface area contributed by atoms with Crippen molar-refractivity contribution >= 4 is 26.7 Å². The Morgan fingerprint density at radius 3 is 2.31 bits per heavy atom. The molecule has 13 heavy (non-hydrogen) atoms. The van der Waals surface area contributed by atoms with E-state index in [1.54, 1.807) is 0 Å². The van der Waals surface area contributed by atoms with Gasteiger partial charge < -0.3 is 3.79 Å². The summed E-state index contributed by atoms with van der Waals surface area (Å²) in [7, 11) is 0. The Labute approximate surface area is 94.6 Å². The number of hydrogen-bond donors (Lipinski definition) is 0. The molecule has 0 aliphatic carbocycles. The molecular weight excluding hydrogens is 243 g/mol. The van der Waals surface area contributed by atoms with E-state index in [9.17, 15) is 0 Å². The Morgan fingerprint density at radius 2 is 1.69 bits per heavy atom. The summed E-state index contributed by atoms with van der Waals surface area (Å²) in [6.45, 7) is 5.42. The fraction of sp³-hybridized carbons (Fsp3) is 1.00. The molecule has 3 heteroatoms. The van der Waals surface area contributed by atoms with Crippen LogP contribution in [0.25, 0.3) is 0 Å². The minimum Gasteiger partial charge on any atom is -0.492 e. The number of halogens is 1. The van der Waals surface area contributed by atoms with Gasteiger partial charge in [0.15, 0.2) is 0 Å². The van der Waals surface area contributed by atoms with Crippen molar-refractivity contribution in [2.24, 2.45) is 0 Å². The van der Waals surface area contributed by atoms with Crippen LogP contribution in [0.3, 0.4) is 0 Å². The van der Waals surface area contributed by atoms with Crippen LogP contribution in [0.1, 0.15) is 52.4 Å². The maximum absolute atomic E-state index is 5.72. The normalized spacial score (nSPS) is 10.4. The van der Waals surface area contributed by atoms with Crippen LogP contribution in [-0.2, 0) is 3.79 Å². The van der Waals surface area contributed by atoms with Crippen LogP contribution in [0.5, 0.6) is 0 Å². The maximum atomic E-state index is 5.72. The summed E-state index contributed by atoms with van der Waals surface area (Å²) in [6, 6.07) is 0. The lowest BCUT2D eigenvalue weighted by Gasteiger charge is -2.06. The van der Waals surface area contributed by atoms with Crippen LogP contribution >= 0.6 is 14.1 Å². The van der Waals surface area contributed by atoms with Crippen LogP contribution in [0.2, 0.25) is 5.28 Å². The third-order valence-corrected chi connectivity index (χ3v) is 5.71. The van der Waals surface area contributed by atoms with Crippen molar-refractivity contribution in [1.29, 1.82) is 0 Å². The first-order chi connectivity index (χ1) is 6.31. The summed E-state index contributed by atoms with van der Waals surface area (Å²) in [6.07, 6.45) is 7.88. The van der Waals surface area contributed by atoms with Crippen LogP contribution in [0.4, 0.5) is 0 Å². The van der Waals surface area contributed by atoms with Crippen molar-refractivity contribution in [3.63, 3.8) is 0 Å². The largest absolute Gasteiger partial charge is 0.557 e. The molecular formula is C10H22AlBrO. The second-order valence-electron chi connectivity index (χ2n) is 3.48. The Hall–Kier alpha value is 0.972. The average Bonchev–Trinajstić information content (AvgIpc) is 2.13. The van der Waals surface area contributed by atoms with Gasteiger partial charge >= 0.3 is 12.7 Å². The van der Waals surface area contributed by atoms with E-state index < -0.39 is 12.7 Å². The van der Waals surface area contributed by atoms with E-state index in [4.69, 9.17) is 3.79 Å². The van der Waals surface area contributed by atoms with Crippen LogP contribution in [0, 0.1) is 0 Å². The van der Waals surface area contributed by atoms with Crippen molar-refractivity contribution in [1.82, 2.24) is 0 Å². The number of hydrogen-bond acceptors (Lipinski definition) is 1. The monoisotopic (exact) mass is 264 g/mol.